The third-order valence-corrected chi connectivity index (χ3v) is 5.70. The first kappa shape index (κ1) is 15.6. The van der Waals surface area contributed by atoms with Gasteiger partial charge in [-0.1, -0.05) is 37.5 Å². The maximum absolute atomic E-state index is 12.5. The zero-order valence-corrected chi connectivity index (χ0v) is 12.0. The predicted molar refractivity (Wildman–Crippen MR) is 72.6 cm³/mol. The molecule has 1 aromatic rings. The average Bonchev–Trinajstić information content (AvgIpc) is 2.37. The van der Waals surface area contributed by atoms with Gasteiger partial charge < -0.3 is 4.89 Å². The van der Waals surface area contributed by atoms with Gasteiger partial charge in [0.1, 0.15) is 6.16 Å². The molecular weight excluding hydrogens is 288 g/mol. The first-order valence-electron chi connectivity index (χ1n) is 6.78. The molecule has 1 N–H and O–H groups in total. The highest BCUT2D eigenvalue weighted by atomic mass is 31.2. The van der Waals surface area contributed by atoms with E-state index in [4.69, 9.17) is 0 Å². The van der Waals surface area contributed by atoms with Crippen LogP contribution in [0.25, 0.3) is 0 Å². The highest BCUT2D eigenvalue weighted by molar-refractivity contribution is 7.66. The Bertz CT molecular complexity index is 507. The second-order valence-electron chi connectivity index (χ2n) is 5.37. The van der Waals surface area contributed by atoms with E-state index < -0.39 is 19.7 Å². The predicted octanol–water partition coefficient (Wildman–Crippen LogP) is 4.19. The molecule has 0 aromatic heterocycles. The minimum Gasteiger partial charge on any atom is -0.341 e. The van der Waals surface area contributed by atoms with E-state index in [2.05, 4.69) is 0 Å². The third-order valence-electron chi connectivity index (χ3n) is 3.75. The molecule has 1 aliphatic rings. The van der Waals surface area contributed by atoms with Gasteiger partial charge in [0.2, 0.25) is 7.37 Å². The summed E-state index contributed by atoms with van der Waals surface area (Å²) in [5.41, 5.74) is 0.627. The molecule has 0 radical (unpaired) electrons. The highest BCUT2D eigenvalue weighted by Crippen LogP contribution is 2.47. The fourth-order valence-corrected chi connectivity index (χ4v) is 4.53. The summed E-state index contributed by atoms with van der Waals surface area (Å²) in [4.78, 5) is 9.87. The molecule has 112 valence electrons. The van der Waals surface area contributed by atoms with Gasteiger partial charge in [-0.05, 0) is 30.4 Å². The topological polar surface area (TPSA) is 37.3 Å². The lowest BCUT2D eigenvalue weighted by molar-refractivity contribution is -0.107. The number of rotatable bonds is 3. The van der Waals surface area contributed by atoms with Crippen LogP contribution in [0.15, 0.2) is 24.3 Å². The van der Waals surface area contributed by atoms with Crippen molar-refractivity contribution in [2.75, 3.05) is 6.16 Å². The number of benzene rings is 1. The zero-order chi connectivity index (χ0) is 14.8. The smallest absolute Gasteiger partial charge is 0.341 e. The minimum atomic E-state index is -4.63. The van der Waals surface area contributed by atoms with Crippen LogP contribution in [0.1, 0.15) is 43.6 Å². The van der Waals surface area contributed by atoms with Gasteiger partial charge in [0.15, 0.2) is 0 Å². The van der Waals surface area contributed by atoms with Crippen LogP contribution in [0.2, 0.25) is 0 Å². The second kappa shape index (κ2) is 5.90. The first-order valence-corrected chi connectivity index (χ1v) is 8.62. The molecule has 1 atom stereocenters. The lowest BCUT2D eigenvalue weighted by Crippen LogP contribution is -2.23. The Morgan fingerprint density at radius 2 is 1.75 bits per heavy atom. The van der Waals surface area contributed by atoms with Gasteiger partial charge >= 0.3 is 6.18 Å². The van der Waals surface area contributed by atoms with Crippen molar-refractivity contribution in [3.8, 4) is 0 Å². The summed E-state index contributed by atoms with van der Waals surface area (Å²) >= 11 is 0. The molecule has 6 heteroatoms. The Balaban J connectivity index is 2.34. The summed E-state index contributed by atoms with van der Waals surface area (Å²) in [7, 11) is -4.40. The summed E-state index contributed by atoms with van der Waals surface area (Å²) in [6.07, 6.45) is -1.36. The van der Waals surface area contributed by atoms with E-state index in [0.717, 1.165) is 32.1 Å². The SMILES string of the molecule is O=P(O)(CC(F)(F)F)c1ccccc1C1CCCCC1. The molecule has 0 bridgehead atoms. The van der Waals surface area contributed by atoms with Crippen molar-refractivity contribution in [3.63, 3.8) is 0 Å². The lowest BCUT2D eigenvalue weighted by atomic mass is 9.84. The molecule has 1 unspecified atom stereocenters. The Labute approximate surface area is 116 Å². The third kappa shape index (κ3) is 3.86. The van der Waals surface area contributed by atoms with Gasteiger partial charge in [0.05, 0.1) is 0 Å². The van der Waals surface area contributed by atoms with E-state index in [1.807, 2.05) is 0 Å². The van der Waals surface area contributed by atoms with E-state index in [-0.39, 0.29) is 11.2 Å². The molecular formula is C14H18F3O2P. The maximum atomic E-state index is 12.5. The molecule has 1 fully saturated rings. The first-order chi connectivity index (χ1) is 9.30. The van der Waals surface area contributed by atoms with Gasteiger partial charge in [-0.3, -0.25) is 4.57 Å². The molecule has 1 aromatic carbocycles. The summed E-state index contributed by atoms with van der Waals surface area (Å²) in [6, 6.07) is 6.32. The van der Waals surface area contributed by atoms with Crippen molar-refractivity contribution < 1.29 is 22.6 Å². The standard InChI is InChI=1S/C14H18F3O2P/c15-14(16,17)10-20(18,19)13-9-5-4-8-12(13)11-6-2-1-3-7-11/h4-5,8-9,11H,1-3,6-7,10H2,(H,18,19). The number of hydrogen-bond acceptors (Lipinski definition) is 1. The molecule has 2 rings (SSSR count). The van der Waals surface area contributed by atoms with Crippen LogP contribution >= 0.6 is 7.37 Å². The van der Waals surface area contributed by atoms with Crippen LogP contribution in [-0.2, 0) is 4.57 Å². The largest absolute Gasteiger partial charge is 0.398 e. The molecule has 20 heavy (non-hydrogen) atoms. The lowest BCUT2D eigenvalue weighted by Gasteiger charge is -2.26. The van der Waals surface area contributed by atoms with Gasteiger partial charge in [0, 0.05) is 5.30 Å². The quantitative estimate of drug-likeness (QED) is 0.850. The van der Waals surface area contributed by atoms with Crippen LogP contribution in [-0.4, -0.2) is 17.2 Å². The molecule has 0 spiro atoms. The van der Waals surface area contributed by atoms with Crippen LogP contribution < -0.4 is 5.30 Å². The Hall–Kier alpha value is -0.800. The number of halogens is 3. The molecule has 2 nitrogen and oxygen atoms in total. The van der Waals surface area contributed by atoms with Gasteiger partial charge in [-0.15, -0.1) is 0 Å². The van der Waals surface area contributed by atoms with Crippen LogP contribution in [0.5, 0.6) is 0 Å². The monoisotopic (exact) mass is 306 g/mol. The van der Waals surface area contributed by atoms with Gasteiger partial charge in [-0.25, -0.2) is 0 Å². The molecule has 0 aliphatic heterocycles. The van der Waals surface area contributed by atoms with Crippen LogP contribution in [0, 0.1) is 0 Å². The summed E-state index contributed by atoms with van der Waals surface area (Å²) in [6.45, 7) is 0. The van der Waals surface area contributed by atoms with Crippen molar-refractivity contribution in [1.82, 2.24) is 0 Å². The van der Waals surface area contributed by atoms with Crippen LogP contribution in [0.4, 0.5) is 13.2 Å². The molecule has 0 saturated heterocycles. The van der Waals surface area contributed by atoms with E-state index in [1.54, 1.807) is 12.1 Å². The maximum Gasteiger partial charge on any atom is 0.398 e. The highest BCUT2D eigenvalue weighted by Gasteiger charge is 2.40. The number of alkyl halides is 3. The van der Waals surface area contributed by atoms with Crippen molar-refractivity contribution in [3.05, 3.63) is 29.8 Å². The fourth-order valence-electron chi connectivity index (χ4n) is 2.89. The van der Waals surface area contributed by atoms with E-state index in [1.165, 1.54) is 12.1 Å². The van der Waals surface area contributed by atoms with Gasteiger partial charge in [0.25, 0.3) is 0 Å². The van der Waals surface area contributed by atoms with E-state index >= 15 is 0 Å². The van der Waals surface area contributed by atoms with Crippen molar-refractivity contribution >= 4 is 12.7 Å². The zero-order valence-electron chi connectivity index (χ0n) is 11.1. The normalized spacial score (nSPS) is 20.6. The molecule has 1 aliphatic carbocycles. The number of hydrogen-bond donors (Lipinski definition) is 1. The molecule has 0 heterocycles. The Morgan fingerprint density at radius 1 is 1.15 bits per heavy atom. The Morgan fingerprint density at radius 3 is 2.35 bits per heavy atom. The van der Waals surface area contributed by atoms with Crippen molar-refractivity contribution in [1.29, 1.82) is 0 Å². The molecule has 1 saturated carbocycles. The Kier molecular flexibility index (Phi) is 4.60. The second-order valence-corrected chi connectivity index (χ2v) is 7.57. The summed E-state index contributed by atoms with van der Waals surface area (Å²) in [5.74, 6) is 0.105. The molecule has 0 amide bonds. The van der Waals surface area contributed by atoms with E-state index in [9.17, 15) is 22.6 Å². The summed E-state index contributed by atoms with van der Waals surface area (Å²) < 4.78 is 49.6. The minimum absolute atomic E-state index is 0.00998. The van der Waals surface area contributed by atoms with Crippen molar-refractivity contribution in [2.24, 2.45) is 0 Å². The summed E-state index contributed by atoms with van der Waals surface area (Å²) in [5, 5.41) is -0.00998. The van der Waals surface area contributed by atoms with Crippen molar-refractivity contribution in [2.45, 2.75) is 44.2 Å². The fraction of sp³-hybridized carbons (Fsp3) is 0.571. The van der Waals surface area contributed by atoms with Gasteiger partial charge in [-0.2, -0.15) is 13.2 Å². The average molecular weight is 306 g/mol. The van der Waals surface area contributed by atoms with Crippen LogP contribution in [0.3, 0.4) is 0 Å². The van der Waals surface area contributed by atoms with E-state index in [0.29, 0.717) is 5.56 Å².